The number of fused-ring (bicyclic) bond motifs is 1. The number of furan rings is 1. The molecule has 20 heavy (non-hydrogen) atoms. The first kappa shape index (κ1) is 12.7. The van der Waals surface area contributed by atoms with Gasteiger partial charge in [-0.3, -0.25) is 4.79 Å². The molecule has 0 radical (unpaired) electrons. The van der Waals surface area contributed by atoms with Crippen molar-refractivity contribution >= 4 is 11.6 Å². The minimum absolute atomic E-state index is 0.00451. The number of anilines is 1. The Kier molecular flexibility index (Phi) is 3.18. The van der Waals surface area contributed by atoms with Crippen LogP contribution in [0.25, 0.3) is 0 Å². The van der Waals surface area contributed by atoms with Gasteiger partial charge < -0.3 is 15.5 Å². The summed E-state index contributed by atoms with van der Waals surface area (Å²) in [6.45, 7) is 0. The number of rotatable bonds is 3. The lowest BCUT2D eigenvalue weighted by Crippen LogP contribution is -2.17. The van der Waals surface area contributed by atoms with Gasteiger partial charge in [-0.25, -0.2) is 4.39 Å². The molecular formula is C15H15FN2O2. The fourth-order valence-corrected chi connectivity index (χ4v) is 2.61. The molecule has 1 atom stereocenters. The second-order valence-corrected chi connectivity index (χ2v) is 4.95. The molecule has 1 unspecified atom stereocenters. The fraction of sp³-hybridized carbons (Fsp3) is 0.267. The lowest BCUT2D eigenvalue weighted by atomic mass is 9.93. The molecule has 0 spiro atoms. The van der Waals surface area contributed by atoms with Gasteiger partial charge in [0.05, 0.1) is 18.0 Å². The van der Waals surface area contributed by atoms with E-state index in [2.05, 4.69) is 5.32 Å². The van der Waals surface area contributed by atoms with Crippen LogP contribution in [0.15, 0.2) is 34.9 Å². The van der Waals surface area contributed by atoms with Gasteiger partial charge in [0.25, 0.3) is 0 Å². The Labute approximate surface area is 115 Å². The van der Waals surface area contributed by atoms with E-state index in [1.54, 1.807) is 6.26 Å². The third-order valence-corrected chi connectivity index (χ3v) is 3.63. The Hall–Kier alpha value is -2.30. The van der Waals surface area contributed by atoms with Crippen LogP contribution in [0.2, 0.25) is 0 Å². The Morgan fingerprint density at radius 3 is 3.05 bits per heavy atom. The van der Waals surface area contributed by atoms with Crippen molar-refractivity contribution < 1.29 is 13.6 Å². The largest absolute Gasteiger partial charge is 0.469 e. The Morgan fingerprint density at radius 2 is 2.25 bits per heavy atom. The van der Waals surface area contributed by atoms with Crippen LogP contribution in [0.3, 0.4) is 0 Å². The van der Waals surface area contributed by atoms with E-state index < -0.39 is 11.7 Å². The van der Waals surface area contributed by atoms with E-state index in [1.807, 2.05) is 6.07 Å². The van der Waals surface area contributed by atoms with Crippen molar-refractivity contribution in [3.8, 4) is 0 Å². The standard InChI is InChI=1S/C15H15FN2O2/c16-11-5-4-9(15(17)19)8-13(11)18-12-2-1-3-14-10(12)6-7-20-14/h4-8,12,18H,1-3H2,(H2,17,19). The topological polar surface area (TPSA) is 68.3 Å². The lowest BCUT2D eigenvalue weighted by molar-refractivity contribution is 0.100. The fourth-order valence-electron chi connectivity index (χ4n) is 2.61. The molecule has 5 heteroatoms. The maximum atomic E-state index is 13.9. The molecule has 0 aliphatic heterocycles. The summed E-state index contributed by atoms with van der Waals surface area (Å²) >= 11 is 0. The van der Waals surface area contributed by atoms with Gasteiger partial charge in [-0.2, -0.15) is 0 Å². The first-order chi connectivity index (χ1) is 9.65. The zero-order valence-electron chi connectivity index (χ0n) is 10.9. The van der Waals surface area contributed by atoms with Crippen LogP contribution in [0, 0.1) is 5.82 Å². The van der Waals surface area contributed by atoms with Gasteiger partial charge in [-0.1, -0.05) is 0 Å². The van der Waals surface area contributed by atoms with Gasteiger partial charge >= 0.3 is 0 Å². The summed E-state index contributed by atoms with van der Waals surface area (Å²) in [6, 6.07) is 5.98. The molecule has 0 saturated heterocycles. The first-order valence-electron chi connectivity index (χ1n) is 6.57. The summed E-state index contributed by atoms with van der Waals surface area (Å²) in [7, 11) is 0. The van der Waals surface area contributed by atoms with Crippen LogP contribution in [0.4, 0.5) is 10.1 Å². The quantitative estimate of drug-likeness (QED) is 0.904. The predicted molar refractivity (Wildman–Crippen MR) is 72.9 cm³/mol. The van der Waals surface area contributed by atoms with Crippen molar-refractivity contribution in [3.63, 3.8) is 0 Å². The van der Waals surface area contributed by atoms with Crippen molar-refractivity contribution in [2.24, 2.45) is 5.73 Å². The molecule has 104 valence electrons. The summed E-state index contributed by atoms with van der Waals surface area (Å²) in [6.07, 6.45) is 4.44. The van der Waals surface area contributed by atoms with Crippen LogP contribution >= 0.6 is 0 Å². The number of nitrogens with one attached hydrogen (secondary N) is 1. The average molecular weight is 274 g/mol. The molecule has 3 N–H and O–H groups in total. The van der Waals surface area contributed by atoms with E-state index in [9.17, 15) is 9.18 Å². The van der Waals surface area contributed by atoms with Gasteiger partial charge in [0.1, 0.15) is 11.6 Å². The molecular weight excluding hydrogens is 259 g/mol. The normalized spacial score (nSPS) is 17.6. The van der Waals surface area contributed by atoms with Crippen LogP contribution in [-0.4, -0.2) is 5.91 Å². The summed E-state index contributed by atoms with van der Waals surface area (Å²) in [5, 5.41) is 3.14. The van der Waals surface area contributed by atoms with Gasteiger partial charge in [-0.05, 0) is 37.1 Å². The molecule has 1 aromatic carbocycles. The predicted octanol–water partition coefficient (Wildman–Crippen LogP) is 3.01. The highest BCUT2D eigenvalue weighted by Crippen LogP contribution is 2.33. The van der Waals surface area contributed by atoms with Gasteiger partial charge in [-0.15, -0.1) is 0 Å². The minimum atomic E-state index is -0.569. The number of hydrogen-bond acceptors (Lipinski definition) is 3. The van der Waals surface area contributed by atoms with Crippen molar-refractivity contribution in [2.45, 2.75) is 25.3 Å². The maximum Gasteiger partial charge on any atom is 0.248 e. The minimum Gasteiger partial charge on any atom is -0.469 e. The third-order valence-electron chi connectivity index (χ3n) is 3.63. The zero-order valence-corrected chi connectivity index (χ0v) is 10.9. The molecule has 1 aliphatic carbocycles. The number of carbonyl (C=O) groups excluding carboxylic acids is 1. The molecule has 1 heterocycles. The molecule has 1 aromatic heterocycles. The molecule has 0 bridgehead atoms. The van der Waals surface area contributed by atoms with E-state index in [0.717, 1.165) is 30.6 Å². The average Bonchev–Trinajstić information content (AvgIpc) is 2.90. The third kappa shape index (κ3) is 2.27. The number of nitrogens with two attached hydrogens (primary N) is 1. The monoisotopic (exact) mass is 274 g/mol. The SMILES string of the molecule is NC(=O)c1ccc(F)c(NC2CCCc3occc32)c1. The molecule has 1 aliphatic rings. The van der Waals surface area contributed by atoms with Crippen molar-refractivity contribution in [1.29, 1.82) is 0 Å². The van der Waals surface area contributed by atoms with E-state index in [4.69, 9.17) is 10.2 Å². The summed E-state index contributed by atoms with van der Waals surface area (Å²) in [5.74, 6) is -0.0217. The molecule has 1 amide bonds. The second kappa shape index (κ2) is 5.00. The van der Waals surface area contributed by atoms with Gasteiger partial charge in [0.2, 0.25) is 5.91 Å². The number of aryl methyl sites for hydroxylation is 1. The van der Waals surface area contributed by atoms with E-state index in [0.29, 0.717) is 5.69 Å². The number of hydrogen-bond donors (Lipinski definition) is 2. The van der Waals surface area contributed by atoms with Crippen molar-refractivity contribution in [3.05, 3.63) is 53.2 Å². The van der Waals surface area contributed by atoms with Crippen molar-refractivity contribution in [2.75, 3.05) is 5.32 Å². The smallest absolute Gasteiger partial charge is 0.248 e. The maximum absolute atomic E-state index is 13.9. The highest BCUT2D eigenvalue weighted by atomic mass is 19.1. The zero-order chi connectivity index (χ0) is 14.1. The van der Waals surface area contributed by atoms with Crippen molar-refractivity contribution in [1.82, 2.24) is 0 Å². The highest BCUT2D eigenvalue weighted by Gasteiger charge is 2.23. The Balaban J connectivity index is 1.89. The molecule has 2 aromatic rings. The summed E-state index contributed by atoms with van der Waals surface area (Å²) in [4.78, 5) is 11.2. The van der Waals surface area contributed by atoms with E-state index >= 15 is 0 Å². The lowest BCUT2D eigenvalue weighted by Gasteiger charge is -2.24. The molecule has 0 saturated carbocycles. The Bertz CT molecular complexity index is 651. The van der Waals surface area contributed by atoms with E-state index in [-0.39, 0.29) is 11.6 Å². The van der Waals surface area contributed by atoms with Gasteiger partial charge in [0.15, 0.2) is 0 Å². The van der Waals surface area contributed by atoms with Crippen LogP contribution in [-0.2, 0) is 6.42 Å². The highest BCUT2D eigenvalue weighted by molar-refractivity contribution is 5.93. The number of benzene rings is 1. The summed E-state index contributed by atoms with van der Waals surface area (Å²) in [5.41, 5.74) is 6.86. The molecule has 0 fully saturated rings. The molecule has 3 rings (SSSR count). The van der Waals surface area contributed by atoms with Crippen LogP contribution < -0.4 is 11.1 Å². The second-order valence-electron chi connectivity index (χ2n) is 4.95. The Morgan fingerprint density at radius 1 is 1.40 bits per heavy atom. The van der Waals surface area contributed by atoms with E-state index in [1.165, 1.54) is 18.2 Å². The first-order valence-corrected chi connectivity index (χ1v) is 6.57. The van der Waals surface area contributed by atoms with Gasteiger partial charge in [0, 0.05) is 17.5 Å². The van der Waals surface area contributed by atoms with Crippen LogP contribution in [0.5, 0.6) is 0 Å². The number of amides is 1. The molecule has 4 nitrogen and oxygen atoms in total. The number of halogens is 1. The van der Waals surface area contributed by atoms with Crippen LogP contribution in [0.1, 0.15) is 40.6 Å². The number of primary amides is 1. The number of carbonyl (C=O) groups is 1. The summed E-state index contributed by atoms with van der Waals surface area (Å²) < 4.78 is 19.3.